The second-order valence-electron chi connectivity index (χ2n) is 9.45. The number of benzene rings is 3. The third-order valence-electron chi connectivity index (χ3n) is 6.79. The van der Waals surface area contributed by atoms with Gasteiger partial charge in [-0.15, -0.1) is 11.8 Å². The fourth-order valence-electron chi connectivity index (χ4n) is 4.81. The van der Waals surface area contributed by atoms with Crippen LogP contribution in [0.3, 0.4) is 0 Å². The molecule has 0 saturated carbocycles. The Balaban J connectivity index is 1.71. The van der Waals surface area contributed by atoms with E-state index < -0.39 is 5.25 Å². The minimum absolute atomic E-state index is 0.0570. The summed E-state index contributed by atoms with van der Waals surface area (Å²) in [5.41, 5.74) is 3.21. The molecule has 1 aliphatic rings. The average molecular weight is 575 g/mol. The van der Waals surface area contributed by atoms with Crippen LogP contribution in [-0.2, 0) is 14.3 Å². The highest BCUT2D eigenvalue weighted by Crippen LogP contribution is 2.49. The Morgan fingerprint density at radius 3 is 2.49 bits per heavy atom. The smallest absolute Gasteiger partial charge is 0.240 e. The number of fused-ring (bicyclic) bond motifs is 1. The first-order valence-corrected chi connectivity index (χ1v) is 14.3. The minimum atomic E-state index is -0.549. The number of hydrogen-bond donors (Lipinski definition) is 1. The molecule has 0 spiro atoms. The number of carbonyl (C=O) groups is 2. The zero-order valence-electron chi connectivity index (χ0n) is 22.9. The summed E-state index contributed by atoms with van der Waals surface area (Å²) in [6.45, 7) is 0.722. The molecule has 0 unspecified atom stereocenters. The summed E-state index contributed by atoms with van der Waals surface area (Å²) in [6.07, 6.45) is 0.647. The molecule has 4 aromatic rings. The van der Waals surface area contributed by atoms with Gasteiger partial charge in [-0.1, -0.05) is 48.5 Å². The number of thioether (sulfide) groups is 1. The van der Waals surface area contributed by atoms with Crippen molar-refractivity contribution in [2.45, 2.75) is 11.7 Å². The number of nitrogens with one attached hydrogen (secondary N) is 1. The number of methoxy groups -OCH3 is 2. The lowest BCUT2D eigenvalue weighted by molar-refractivity contribution is -0.122. The number of ether oxygens (including phenoxy) is 2. The first-order valence-electron chi connectivity index (χ1n) is 13.3. The van der Waals surface area contributed by atoms with Crippen molar-refractivity contribution >= 4 is 29.4 Å². The van der Waals surface area contributed by atoms with Gasteiger partial charge >= 0.3 is 0 Å². The van der Waals surface area contributed by atoms with E-state index in [0.717, 1.165) is 5.56 Å². The Labute approximate surface area is 242 Å². The first-order chi connectivity index (χ1) is 20.0. The largest absolute Gasteiger partial charge is 0.497 e. The van der Waals surface area contributed by atoms with Crippen LogP contribution < -0.4 is 15.0 Å². The molecule has 0 fully saturated rings. The molecule has 0 aliphatic carbocycles. The van der Waals surface area contributed by atoms with Crippen LogP contribution in [0.5, 0.6) is 5.75 Å². The maximum Gasteiger partial charge on any atom is 0.240 e. The molecule has 8 nitrogen and oxygen atoms in total. The minimum Gasteiger partial charge on any atom is -0.497 e. The molecule has 1 aromatic heterocycles. The van der Waals surface area contributed by atoms with Crippen molar-refractivity contribution < 1.29 is 23.5 Å². The monoisotopic (exact) mass is 574 g/mol. The maximum absolute atomic E-state index is 15.3. The number of rotatable bonds is 10. The Morgan fingerprint density at radius 2 is 1.78 bits per heavy atom. The lowest BCUT2D eigenvalue weighted by Crippen LogP contribution is -2.42. The maximum atomic E-state index is 15.3. The Kier molecular flexibility index (Phi) is 9.01. The third-order valence-corrected chi connectivity index (χ3v) is 8.03. The van der Waals surface area contributed by atoms with Gasteiger partial charge in [0.2, 0.25) is 11.8 Å². The van der Waals surface area contributed by atoms with Crippen LogP contribution in [0.25, 0.3) is 16.9 Å². The van der Waals surface area contributed by atoms with Crippen molar-refractivity contribution in [2.75, 3.05) is 44.6 Å². The van der Waals surface area contributed by atoms with Crippen molar-refractivity contribution in [1.29, 1.82) is 0 Å². The first kappa shape index (κ1) is 28.4. The van der Waals surface area contributed by atoms with Gasteiger partial charge in [0.25, 0.3) is 0 Å². The summed E-state index contributed by atoms with van der Waals surface area (Å²) in [5, 5.41) is 7.34. The van der Waals surface area contributed by atoms with Gasteiger partial charge in [0.05, 0.1) is 29.5 Å². The molecule has 0 saturated heterocycles. The van der Waals surface area contributed by atoms with Gasteiger partial charge in [-0.25, -0.2) is 9.07 Å². The highest BCUT2D eigenvalue weighted by Gasteiger charge is 2.38. The van der Waals surface area contributed by atoms with Gasteiger partial charge < -0.3 is 14.8 Å². The number of amides is 2. The highest BCUT2D eigenvalue weighted by molar-refractivity contribution is 8.00. The molecule has 3 aromatic carbocycles. The summed E-state index contributed by atoms with van der Waals surface area (Å²) >= 11 is 1.33. The van der Waals surface area contributed by atoms with E-state index in [1.54, 1.807) is 49.2 Å². The molecule has 41 heavy (non-hydrogen) atoms. The fourth-order valence-corrected chi connectivity index (χ4v) is 6.03. The molecule has 2 amide bonds. The van der Waals surface area contributed by atoms with Crippen molar-refractivity contribution in [1.82, 2.24) is 15.1 Å². The van der Waals surface area contributed by atoms with E-state index >= 15 is 4.39 Å². The molecular weight excluding hydrogens is 543 g/mol. The van der Waals surface area contributed by atoms with Crippen LogP contribution >= 0.6 is 11.8 Å². The van der Waals surface area contributed by atoms with Crippen molar-refractivity contribution in [2.24, 2.45) is 0 Å². The van der Waals surface area contributed by atoms with Crippen LogP contribution in [-0.4, -0.2) is 61.3 Å². The quantitative estimate of drug-likeness (QED) is 0.268. The van der Waals surface area contributed by atoms with E-state index in [9.17, 15) is 9.59 Å². The normalized spacial score (nSPS) is 14.9. The molecule has 1 atom stereocenters. The molecule has 1 N–H and O–H groups in total. The molecule has 0 radical (unpaired) electrons. The lowest BCUT2D eigenvalue weighted by atomic mass is 9.99. The van der Waals surface area contributed by atoms with Crippen LogP contribution in [0.4, 0.5) is 10.2 Å². The SMILES string of the molecule is COCCCNC(=O)CN1C(=O)CS[C@@H](c2ccccc2F)c2c(-c3ccccc3)nn(-c3ccc(OC)cc3)c21. The number of aromatic nitrogens is 2. The predicted molar refractivity (Wildman–Crippen MR) is 158 cm³/mol. The van der Waals surface area contributed by atoms with Crippen LogP contribution in [0.15, 0.2) is 78.9 Å². The van der Waals surface area contributed by atoms with Gasteiger partial charge in [-0.05, 0) is 36.8 Å². The van der Waals surface area contributed by atoms with E-state index in [4.69, 9.17) is 14.6 Å². The van der Waals surface area contributed by atoms with Gasteiger partial charge in [-0.3, -0.25) is 14.5 Å². The second-order valence-corrected chi connectivity index (χ2v) is 10.5. The number of hydrogen-bond acceptors (Lipinski definition) is 6. The second kappa shape index (κ2) is 13.0. The zero-order valence-corrected chi connectivity index (χ0v) is 23.7. The van der Waals surface area contributed by atoms with E-state index in [-0.39, 0.29) is 29.9 Å². The topological polar surface area (TPSA) is 85.7 Å². The number of carbonyl (C=O) groups excluding carboxylic acids is 2. The van der Waals surface area contributed by atoms with Gasteiger partial charge in [-0.2, -0.15) is 5.10 Å². The molecule has 5 rings (SSSR count). The van der Waals surface area contributed by atoms with Gasteiger partial charge in [0.1, 0.15) is 23.9 Å². The summed E-state index contributed by atoms with van der Waals surface area (Å²) in [6, 6.07) is 23.5. The highest BCUT2D eigenvalue weighted by atomic mass is 32.2. The van der Waals surface area contributed by atoms with Crippen LogP contribution in [0.2, 0.25) is 0 Å². The van der Waals surface area contributed by atoms with E-state index in [0.29, 0.717) is 53.6 Å². The molecule has 2 heterocycles. The summed E-state index contributed by atoms with van der Waals surface area (Å²) in [7, 11) is 3.19. The van der Waals surface area contributed by atoms with E-state index in [1.807, 2.05) is 42.5 Å². The van der Waals surface area contributed by atoms with Crippen LogP contribution in [0.1, 0.15) is 22.8 Å². The summed E-state index contributed by atoms with van der Waals surface area (Å²) < 4.78 is 27.4. The average Bonchev–Trinajstić information content (AvgIpc) is 3.33. The number of halogens is 1. The molecule has 0 bridgehead atoms. The Hall–Kier alpha value is -4.15. The van der Waals surface area contributed by atoms with Crippen LogP contribution in [0, 0.1) is 5.82 Å². The predicted octanol–water partition coefficient (Wildman–Crippen LogP) is 5.01. The molecule has 10 heteroatoms. The van der Waals surface area contributed by atoms with E-state index in [2.05, 4.69) is 5.32 Å². The fraction of sp³-hybridized carbons (Fsp3) is 0.258. The number of anilines is 1. The molecule has 212 valence electrons. The Morgan fingerprint density at radius 1 is 1.05 bits per heavy atom. The standard InChI is InChI=1S/C31H31FN4O4S/c1-39-18-8-17-33-26(37)19-35-27(38)20-41-30(24-11-6-7-12-25(24)32)28-29(21-9-4-3-5-10-21)34-36(31(28)35)22-13-15-23(40-2)16-14-22/h3-7,9-16,30H,8,17-20H2,1-2H3,(H,33,37)/t30-/m0/s1. The van der Waals surface area contributed by atoms with Gasteiger partial charge in [0.15, 0.2) is 0 Å². The van der Waals surface area contributed by atoms with Gasteiger partial charge in [0, 0.05) is 37.0 Å². The summed E-state index contributed by atoms with van der Waals surface area (Å²) in [5.74, 6) is 0.211. The molecule has 1 aliphatic heterocycles. The molecular formula is C31H31FN4O4S. The zero-order chi connectivity index (χ0) is 28.8. The Bertz CT molecular complexity index is 1510. The number of nitrogens with zero attached hydrogens (tertiary/aromatic N) is 3. The van der Waals surface area contributed by atoms with Crippen molar-refractivity contribution in [3.05, 3.63) is 95.8 Å². The van der Waals surface area contributed by atoms with Crippen molar-refractivity contribution in [3.63, 3.8) is 0 Å². The lowest BCUT2D eigenvalue weighted by Gasteiger charge is -2.23. The van der Waals surface area contributed by atoms with Crippen molar-refractivity contribution in [3.8, 4) is 22.7 Å². The summed E-state index contributed by atoms with van der Waals surface area (Å²) in [4.78, 5) is 28.3. The van der Waals surface area contributed by atoms with E-state index in [1.165, 1.54) is 22.7 Å². The third kappa shape index (κ3) is 6.13.